The molecule has 2 N–H and O–H groups in total. The van der Waals surface area contributed by atoms with Crippen molar-refractivity contribution in [3.05, 3.63) is 0 Å². The summed E-state index contributed by atoms with van der Waals surface area (Å²) in [4.78, 5) is 13.1. The van der Waals surface area contributed by atoms with Crippen LogP contribution in [0.5, 0.6) is 0 Å². The number of rotatable bonds is 0. The largest absolute Gasteiger partial charge is 0.336 e. The molecule has 1 atom stereocenters. The molecule has 0 aliphatic carbocycles. The lowest BCUT2D eigenvalue weighted by Crippen LogP contribution is -2.45. The first kappa shape index (κ1) is 6.91. The smallest absolute Gasteiger partial charge is 0.315 e. The fraction of sp³-hybridized carbons (Fsp3) is 0.857. The summed E-state index contributed by atoms with van der Waals surface area (Å²) in [5, 5.41) is 5.76. The van der Waals surface area contributed by atoms with Crippen LogP contribution in [0.25, 0.3) is 0 Å². The summed E-state index contributed by atoms with van der Waals surface area (Å²) in [6.45, 7) is 2.85. The molecule has 62 valence electrons. The Morgan fingerprint density at radius 3 is 2.91 bits per heavy atom. The molecule has 11 heavy (non-hydrogen) atoms. The van der Waals surface area contributed by atoms with Gasteiger partial charge in [0.1, 0.15) is 0 Å². The molecule has 0 aromatic carbocycles. The van der Waals surface area contributed by atoms with E-state index in [4.69, 9.17) is 0 Å². The first-order valence-electron chi connectivity index (χ1n) is 3.95. The molecule has 1 spiro atoms. The summed E-state index contributed by atoms with van der Waals surface area (Å²) in [5.41, 5.74) is 0.0475. The highest BCUT2D eigenvalue weighted by Crippen LogP contribution is 2.21. The molecule has 0 aromatic rings. The van der Waals surface area contributed by atoms with Crippen molar-refractivity contribution in [2.45, 2.75) is 12.0 Å². The average molecular weight is 155 g/mol. The lowest BCUT2D eigenvalue weighted by Gasteiger charge is -2.20. The molecular formula is C7H13N3O. The van der Waals surface area contributed by atoms with Crippen LogP contribution in [0.3, 0.4) is 0 Å². The van der Waals surface area contributed by atoms with Crippen LogP contribution in [0, 0.1) is 0 Å². The number of carbonyl (C=O) groups is 1. The lowest BCUT2D eigenvalue weighted by molar-refractivity contribution is 0.244. The minimum absolute atomic E-state index is 0.0136. The van der Waals surface area contributed by atoms with E-state index >= 15 is 0 Å². The van der Waals surface area contributed by atoms with Gasteiger partial charge in [0, 0.05) is 19.6 Å². The van der Waals surface area contributed by atoms with Crippen LogP contribution in [-0.4, -0.2) is 43.2 Å². The van der Waals surface area contributed by atoms with Gasteiger partial charge in [-0.2, -0.15) is 0 Å². The lowest BCUT2D eigenvalue weighted by atomic mass is 10.0. The summed E-state index contributed by atoms with van der Waals surface area (Å²) >= 11 is 0. The van der Waals surface area contributed by atoms with E-state index in [1.807, 2.05) is 0 Å². The Labute approximate surface area is 65.9 Å². The van der Waals surface area contributed by atoms with Crippen molar-refractivity contribution in [2.24, 2.45) is 0 Å². The summed E-state index contributed by atoms with van der Waals surface area (Å²) in [5.74, 6) is 0. The third-order valence-corrected chi connectivity index (χ3v) is 2.51. The molecule has 0 bridgehead atoms. The number of hydrogen-bond acceptors (Lipinski definition) is 2. The molecule has 0 saturated carbocycles. The highest BCUT2D eigenvalue weighted by Gasteiger charge is 2.41. The van der Waals surface area contributed by atoms with E-state index in [-0.39, 0.29) is 11.6 Å². The Kier molecular flexibility index (Phi) is 1.32. The van der Waals surface area contributed by atoms with E-state index in [0.717, 1.165) is 26.1 Å². The third kappa shape index (κ3) is 1.07. The molecule has 2 aliphatic heterocycles. The van der Waals surface area contributed by atoms with E-state index in [1.54, 1.807) is 0 Å². The highest BCUT2D eigenvalue weighted by molar-refractivity contribution is 5.77. The minimum atomic E-state index is -0.0136. The average Bonchev–Trinajstić information content (AvgIpc) is 2.44. The summed E-state index contributed by atoms with van der Waals surface area (Å²) < 4.78 is 0. The summed E-state index contributed by atoms with van der Waals surface area (Å²) in [7, 11) is 2.08. The molecule has 4 heteroatoms. The van der Waals surface area contributed by atoms with Gasteiger partial charge in [-0.15, -0.1) is 0 Å². The maximum Gasteiger partial charge on any atom is 0.315 e. The second-order valence-electron chi connectivity index (χ2n) is 3.58. The van der Waals surface area contributed by atoms with E-state index in [2.05, 4.69) is 22.6 Å². The Bertz CT molecular complexity index is 194. The Hall–Kier alpha value is -0.770. The van der Waals surface area contributed by atoms with Crippen LogP contribution in [0.4, 0.5) is 4.79 Å². The number of nitrogens with zero attached hydrogens (tertiary/aromatic N) is 1. The van der Waals surface area contributed by atoms with Gasteiger partial charge in [0.25, 0.3) is 0 Å². The van der Waals surface area contributed by atoms with Crippen molar-refractivity contribution in [1.29, 1.82) is 0 Å². The van der Waals surface area contributed by atoms with Gasteiger partial charge in [-0.3, -0.25) is 0 Å². The number of likely N-dealkylation sites (tertiary alicyclic amines) is 1. The zero-order valence-electron chi connectivity index (χ0n) is 6.68. The van der Waals surface area contributed by atoms with Gasteiger partial charge in [-0.25, -0.2) is 4.79 Å². The van der Waals surface area contributed by atoms with Crippen molar-refractivity contribution in [2.75, 3.05) is 26.7 Å². The molecule has 2 aliphatic rings. The predicted octanol–water partition coefficient (Wildman–Crippen LogP) is -0.626. The molecular weight excluding hydrogens is 142 g/mol. The molecule has 2 fully saturated rings. The molecule has 2 amide bonds. The molecule has 4 nitrogen and oxygen atoms in total. The quantitative estimate of drug-likeness (QED) is 0.489. The van der Waals surface area contributed by atoms with Gasteiger partial charge in [-0.05, 0) is 13.5 Å². The van der Waals surface area contributed by atoms with Crippen LogP contribution in [-0.2, 0) is 0 Å². The molecule has 2 heterocycles. The van der Waals surface area contributed by atoms with E-state index < -0.39 is 0 Å². The topological polar surface area (TPSA) is 44.4 Å². The fourth-order valence-electron chi connectivity index (χ4n) is 1.90. The maximum absolute atomic E-state index is 10.9. The SMILES string of the molecule is CN1CCC2(CNC(=O)N2)C1. The van der Waals surface area contributed by atoms with E-state index in [9.17, 15) is 4.79 Å². The molecule has 1 unspecified atom stereocenters. The molecule has 2 saturated heterocycles. The zero-order valence-corrected chi connectivity index (χ0v) is 6.68. The van der Waals surface area contributed by atoms with Crippen molar-refractivity contribution in [3.63, 3.8) is 0 Å². The number of nitrogens with one attached hydrogen (secondary N) is 2. The normalized spacial score (nSPS) is 37.7. The van der Waals surface area contributed by atoms with Crippen LogP contribution >= 0.6 is 0 Å². The van der Waals surface area contributed by atoms with Crippen molar-refractivity contribution in [1.82, 2.24) is 15.5 Å². The van der Waals surface area contributed by atoms with Gasteiger partial charge < -0.3 is 15.5 Å². The van der Waals surface area contributed by atoms with Gasteiger partial charge in [0.2, 0.25) is 0 Å². The van der Waals surface area contributed by atoms with Gasteiger partial charge in [0.15, 0.2) is 0 Å². The van der Waals surface area contributed by atoms with E-state index in [1.165, 1.54) is 0 Å². The van der Waals surface area contributed by atoms with Gasteiger partial charge in [-0.1, -0.05) is 0 Å². The van der Waals surface area contributed by atoms with Crippen LogP contribution in [0.1, 0.15) is 6.42 Å². The fourth-order valence-corrected chi connectivity index (χ4v) is 1.90. The number of hydrogen-bond donors (Lipinski definition) is 2. The molecule has 0 aromatic heterocycles. The molecule has 2 rings (SSSR count). The Morgan fingerprint density at radius 2 is 2.45 bits per heavy atom. The minimum Gasteiger partial charge on any atom is -0.336 e. The number of likely N-dealkylation sites (N-methyl/N-ethyl adjacent to an activating group) is 1. The zero-order chi connectivity index (χ0) is 7.90. The first-order valence-corrected chi connectivity index (χ1v) is 3.95. The van der Waals surface area contributed by atoms with Crippen LogP contribution < -0.4 is 10.6 Å². The van der Waals surface area contributed by atoms with Gasteiger partial charge in [0.05, 0.1) is 5.54 Å². The highest BCUT2D eigenvalue weighted by atomic mass is 16.2. The van der Waals surface area contributed by atoms with Gasteiger partial charge >= 0.3 is 6.03 Å². The summed E-state index contributed by atoms with van der Waals surface area (Å²) in [6.07, 6.45) is 1.07. The second kappa shape index (κ2) is 2.11. The summed E-state index contributed by atoms with van der Waals surface area (Å²) in [6, 6.07) is -0.0136. The predicted molar refractivity (Wildman–Crippen MR) is 41.4 cm³/mol. The Morgan fingerprint density at radius 1 is 1.64 bits per heavy atom. The standard InChI is InChI=1S/C7H13N3O/c1-10-3-2-7(5-10)4-8-6(11)9-7/h2-5H2,1H3,(H2,8,9,11). The van der Waals surface area contributed by atoms with Crippen LogP contribution in [0.15, 0.2) is 0 Å². The first-order chi connectivity index (χ1) is 5.20. The number of amides is 2. The maximum atomic E-state index is 10.9. The van der Waals surface area contributed by atoms with Crippen molar-refractivity contribution in [3.8, 4) is 0 Å². The Balaban J connectivity index is 2.07. The number of carbonyl (C=O) groups excluding carboxylic acids is 1. The van der Waals surface area contributed by atoms with Crippen molar-refractivity contribution < 1.29 is 4.79 Å². The van der Waals surface area contributed by atoms with E-state index in [0.29, 0.717) is 0 Å². The third-order valence-electron chi connectivity index (χ3n) is 2.51. The second-order valence-corrected chi connectivity index (χ2v) is 3.58. The number of urea groups is 1. The van der Waals surface area contributed by atoms with Crippen LogP contribution in [0.2, 0.25) is 0 Å². The van der Waals surface area contributed by atoms with Crippen molar-refractivity contribution >= 4 is 6.03 Å². The monoisotopic (exact) mass is 155 g/mol. The molecule has 0 radical (unpaired) electrons.